The van der Waals surface area contributed by atoms with Gasteiger partial charge >= 0.3 is 0 Å². The van der Waals surface area contributed by atoms with Crippen LogP contribution in [0.1, 0.15) is 241 Å². The lowest BCUT2D eigenvalue weighted by Crippen LogP contribution is -2.83. The van der Waals surface area contributed by atoms with Crippen molar-refractivity contribution in [2.75, 3.05) is 85.7 Å². The summed E-state index contributed by atoms with van der Waals surface area (Å²) in [7, 11) is 5.54. The summed E-state index contributed by atoms with van der Waals surface area (Å²) in [5.41, 5.74) is 2.14. The first-order valence-electron chi connectivity index (χ1n) is 42.7. The van der Waals surface area contributed by atoms with Crippen LogP contribution in [0.4, 0.5) is 0 Å². The Morgan fingerprint density at radius 1 is 0.440 bits per heavy atom. The number of nitrogens with zero attached hydrogens (tertiary/aromatic N) is 3. The third-order valence-electron chi connectivity index (χ3n) is 36.4. The van der Waals surface area contributed by atoms with Crippen LogP contribution in [0.2, 0.25) is 0 Å². The molecule has 0 aromatic heterocycles. The number of fused-ring (bicyclic) bond motifs is 6. The fraction of sp³-hybridized carbons (Fsp3) is 0.804. The van der Waals surface area contributed by atoms with Crippen molar-refractivity contribution in [1.29, 1.82) is 0 Å². The van der Waals surface area contributed by atoms with E-state index in [1.54, 1.807) is 7.11 Å². The van der Waals surface area contributed by atoms with E-state index in [0.717, 1.165) is 174 Å². The van der Waals surface area contributed by atoms with E-state index in [1.165, 1.54) is 91.5 Å². The summed E-state index contributed by atoms with van der Waals surface area (Å²) in [5, 5.41) is 39.1. The minimum absolute atomic E-state index is 0. The van der Waals surface area contributed by atoms with Crippen LogP contribution in [-0.2, 0) is 49.7 Å². The molecule has 6 heterocycles. The van der Waals surface area contributed by atoms with E-state index in [1.807, 2.05) is 14.2 Å². The molecule has 0 amide bonds. The number of aliphatic hydroxyl groups is 3. The minimum atomic E-state index is -1.04. The Hall–Kier alpha value is -3.36. The molecular weight excluding hydrogens is 1430 g/mol. The highest BCUT2D eigenvalue weighted by molar-refractivity contribution is 9.09. The van der Waals surface area contributed by atoms with E-state index in [9.17, 15) is 15.3 Å². The monoisotopic (exact) mass is 1560 g/mol. The highest BCUT2D eigenvalue weighted by Gasteiger charge is 2.87. The normalized spacial score (nSPS) is 41.7. The van der Waals surface area contributed by atoms with Crippen molar-refractivity contribution in [3.63, 3.8) is 0 Å². The lowest BCUT2D eigenvalue weighted by Gasteiger charge is -2.75. The lowest BCUT2D eigenvalue weighted by molar-refractivity contribution is -0.319. The minimum Gasteiger partial charge on any atom is -0.493 e. The number of piperidine rings is 3. The van der Waals surface area contributed by atoms with E-state index >= 15 is 0 Å². The first kappa shape index (κ1) is 76.9. The Kier molecular flexibility index (Phi) is 17.4. The molecule has 599 valence electrons. The largest absolute Gasteiger partial charge is 0.493 e. The second-order valence-electron chi connectivity index (χ2n) is 42.6. The van der Waals surface area contributed by atoms with Gasteiger partial charge in [-0.25, -0.2) is 0 Å². The van der Waals surface area contributed by atoms with Crippen LogP contribution in [-0.4, -0.2) is 194 Å². The summed E-state index contributed by atoms with van der Waals surface area (Å²) in [6, 6.07) is 14.8. The van der Waals surface area contributed by atoms with Crippen LogP contribution in [0.15, 0.2) is 36.4 Å². The predicted molar refractivity (Wildman–Crippen MR) is 430 cm³/mol. The van der Waals surface area contributed by atoms with Crippen molar-refractivity contribution in [2.24, 2.45) is 68.0 Å². The van der Waals surface area contributed by atoms with Gasteiger partial charge in [0.15, 0.2) is 34.5 Å². The second kappa shape index (κ2) is 24.6. The second-order valence-corrected chi connectivity index (χ2v) is 43.3. The van der Waals surface area contributed by atoms with Gasteiger partial charge in [0, 0.05) is 134 Å². The van der Waals surface area contributed by atoms with Crippen LogP contribution in [0.25, 0.3) is 0 Å². The molecule has 15 nitrogen and oxygen atoms in total. The van der Waals surface area contributed by atoms with Crippen molar-refractivity contribution < 1.29 is 59.4 Å². The fourth-order valence-electron chi connectivity index (χ4n) is 29.5. The Balaban J connectivity index is 0.000000186. The smallest absolute Gasteiger partial charge is 0.165 e. The van der Waals surface area contributed by atoms with Gasteiger partial charge in [-0.15, -0.1) is 0 Å². The van der Waals surface area contributed by atoms with E-state index in [0.29, 0.717) is 37.9 Å². The molecule has 12 saturated carbocycles. The first-order chi connectivity index (χ1) is 50.7. The van der Waals surface area contributed by atoms with Gasteiger partial charge in [0.1, 0.15) is 41.7 Å². The van der Waals surface area contributed by atoms with Gasteiger partial charge in [0.2, 0.25) is 0 Å². The Morgan fingerprint density at radius 2 is 0.761 bits per heavy atom. The number of rotatable bonds is 20. The van der Waals surface area contributed by atoms with E-state index < -0.39 is 39.0 Å². The zero-order valence-electron chi connectivity index (χ0n) is 68.1. The summed E-state index contributed by atoms with van der Waals surface area (Å²) in [5.74, 6) is 7.56. The molecule has 21 aliphatic rings. The molecule has 6 spiro atoms. The maximum atomic E-state index is 13.2. The van der Waals surface area contributed by atoms with Gasteiger partial charge in [-0.1, -0.05) is 104 Å². The molecule has 3 radical (unpaired) electrons. The quantitative estimate of drug-likeness (QED) is 0.0558. The predicted octanol–water partition coefficient (Wildman–Crippen LogP) is 15.2. The number of hydrogen-bond acceptors (Lipinski definition) is 15. The Labute approximate surface area is 664 Å². The molecule has 3 saturated heterocycles. The average Bonchev–Trinajstić information content (AvgIpc) is 1.29. The van der Waals surface area contributed by atoms with Gasteiger partial charge in [0.25, 0.3) is 0 Å². The van der Waals surface area contributed by atoms with Crippen molar-refractivity contribution >= 4 is 24.3 Å². The van der Waals surface area contributed by atoms with Gasteiger partial charge in [-0.2, -0.15) is 0 Å². The van der Waals surface area contributed by atoms with Gasteiger partial charge < -0.3 is 58.0 Å². The van der Waals surface area contributed by atoms with Crippen LogP contribution in [0.3, 0.4) is 0 Å². The molecule has 3 N–H and O–H groups in total. The molecule has 1 unspecified atom stereocenters. The molecule has 15 fully saturated rings. The molecule has 6 aliphatic heterocycles. The number of ether oxygens (including phenoxy) is 9. The number of alkyl halides is 1. The summed E-state index contributed by atoms with van der Waals surface area (Å²) in [6.45, 7) is 34.2. The summed E-state index contributed by atoms with van der Waals surface area (Å²) >= 11 is 3.53. The lowest BCUT2D eigenvalue weighted by atomic mass is 9.33. The SMILES string of the molecule is C.CO[C@@]12CC[C@@]3(C[C@@H]1[C@](C)(O)C(C)(C)C)[C@H]1Cc4ccc(OCCBr)c5c4[C@@]3(CCN1CC1CC1)[C@@H]2O5.COc1ccc2c3c1O[C@@H]1[C@]4(OCCOc5ccc6c7c5O[C@@H]5[C@]8(OC)CC[C@@]9(CC8[C@](C)(O)C(C)(C)C)[C@@H](C6)N(CC6CC6)CC[C@]759)CC[C@@]5(C[C@@H]4[C@](C)(O)C(C)(C)C)[C@@H](C2)N(CC2CC2)CC[C@]315.[2HH].[B]. The van der Waals surface area contributed by atoms with Gasteiger partial charge in [-0.3, -0.25) is 14.7 Å². The molecule has 12 bridgehead atoms. The zero-order chi connectivity index (χ0) is 74.6. The molecule has 24 rings (SSSR count). The number of hydrogen-bond donors (Lipinski definition) is 3. The molecule has 109 heavy (non-hydrogen) atoms. The molecule has 17 heteroatoms. The maximum Gasteiger partial charge on any atom is 0.165 e. The summed E-state index contributed by atoms with van der Waals surface area (Å²) in [6.07, 6.45) is 22.7. The van der Waals surface area contributed by atoms with Crippen molar-refractivity contribution in [2.45, 2.75) is 312 Å². The summed E-state index contributed by atoms with van der Waals surface area (Å²) in [4.78, 5) is 8.63. The fourth-order valence-corrected chi connectivity index (χ4v) is 29.7. The van der Waals surface area contributed by atoms with Gasteiger partial charge in [0.05, 0.1) is 37.1 Å². The first-order valence-corrected chi connectivity index (χ1v) is 43.9. The van der Waals surface area contributed by atoms with E-state index in [4.69, 9.17) is 42.6 Å². The Bertz CT molecular complexity index is 4130. The zero-order valence-corrected chi connectivity index (χ0v) is 69.7. The third kappa shape index (κ3) is 9.50. The van der Waals surface area contributed by atoms with E-state index in [-0.39, 0.29) is 96.7 Å². The number of methoxy groups -OCH3 is 3. The third-order valence-corrected chi connectivity index (χ3v) is 36.7. The van der Waals surface area contributed by atoms with Crippen LogP contribution in [0, 0.1) is 68.0 Å². The molecular formula is C92H134BBrN3O12. The highest BCUT2D eigenvalue weighted by atomic mass is 79.9. The summed E-state index contributed by atoms with van der Waals surface area (Å²) < 4.78 is 63.2. The van der Waals surface area contributed by atoms with Crippen molar-refractivity contribution in [3.05, 3.63) is 69.8 Å². The van der Waals surface area contributed by atoms with Crippen LogP contribution < -0.4 is 28.4 Å². The number of likely N-dealkylation sites (tertiary alicyclic amines) is 3. The maximum absolute atomic E-state index is 13.2. The topological polar surface area (TPSA) is 153 Å². The molecule has 15 aliphatic carbocycles. The standard InChI is InChI=1S/C60H84N2O8.C31H44BrNO4.CH4.B.H2/c1-51(2,3)53(7,63)41-31-55-19-21-59(41,66-10)49-57(55)23-25-61(33-35-11-12-35)43(55)30-38-16-18-40(48(70-49)46(38)57)67-27-28-68-60-22-20-56(32-42(60)54(8,64)52(4,5)6)44-29-37-15-17-39(65-9)47-45(37)58(56,50(60)69-47)24-26-62(44)34-36-13-14-36;1-27(2,3)28(4,34)22-17-29-10-11-31(22,35-5)26-30(29)12-14-33(18-19-6-7-19)23(29)16-20-8-9-21(36-15-13-32)25(37-26)24(20)30;;;/h15-18,35-36,41-44,49-50,63-64H,11-14,19-34H2,1-10H3;8-9,19,22-23,26,34H,6-7,10-18H2,1-5H3;1H4;;1H/t41?,42-,43-,44-,49+,50+,53+,54+,55-,56-,57+,58+,59+,60+;22-,23-,26+,28+,29-,30+,31+;;;/m11.../s1/i;;;;1+1. The number of benzene rings is 3. The number of halogens is 1. The molecule has 3 aromatic rings. The van der Waals surface area contributed by atoms with Crippen molar-refractivity contribution in [1.82, 2.24) is 14.7 Å². The van der Waals surface area contributed by atoms with Gasteiger partial charge in [-0.05, 0) is 244 Å². The van der Waals surface area contributed by atoms with Crippen LogP contribution in [0.5, 0.6) is 34.5 Å². The average molecular weight is 1570 g/mol. The van der Waals surface area contributed by atoms with Crippen LogP contribution >= 0.6 is 15.9 Å². The highest BCUT2D eigenvalue weighted by Crippen LogP contribution is 2.83. The molecule has 3 aromatic carbocycles. The Morgan fingerprint density at radius 3 is 1.09 bits per heavy atom. The van der Waals surface area contributed by atoms with Crippen molar-refractivity contribution in [3.8, 4) is 34.5 Å². The van der Waals surface area contributed by atoms with E-state index in [2.05, 4.69) is 150 Å². The molecule has 21 atom stereocenters.